The monoisotopic (exact) mass is 298 g/mol. The Hall–Kier alpha value is -0.740. The summed E-state index contributed by atoms with van der Waals surface area (Å²) in [5.74, 6) is 0. The zero-order valence-electron chi connectivity index (χ0n) is 10.1. The van der Waals surface area contributed by atoms with Crippen LogP contribution in [0.5, 0.6) is 0 Å². The van der Waals surface area contributed by atoms with Crippen molar-refractivity contribution in [3.05, 3.63) is 22.7 Å². The lowest BCUT2D eigenvalue weighted by Crippen LogP contribution is -2.39. The zero-order chi connectivity index (χ0) is 12.5. The summed E-state index contributed by atoms with van der Waals surface area (Å²) in [6.45, 7) is 0.676. The molecule has 17 heavy (non-hydrogen) atoms. The highest BCUT2D eigenvalue weighted by Crippen LogP contribution is 2.33. The molecule has 1 aromatic carbocycles. The van der Waals surface area contributed by atoms with E-state index in [2.05, 4.69) is 20.8 Å². The van der Waals surface area contributed by atoms with E-state index in [4.69, 9.17) is 5.73 Å². The third-order valence-corrected chi connectivity index (χ3v) is 4.08. The summed E-state index contributed by atoms with van der Waals surface area (Å²) < 4.78 is 0.974. The molecule has 0 aliphatic heterocycles. The molecule has 2 rings (SSSR count). The van der Waals surface area contributed by atoms with Crippen molar-refractivity contribution in [2.45, 2.75) is 31.3 Å². The van der Waals surface area contributed by atoms with Crippen LogP contribution in [0.4, 0.5) is 11.4 Å². The average molecular weight is 299 g/mol. The Balaban J connectivity index is 2.11. The molecule has 3 nitrogen and oxygen atoms in total. The van der Waals surface area contributed by atoms with Gasteiger partial charge in [0.05, 0.1) is 11.3 Å². The molecule has 0 amide bonds. The van der Waals surface area contributed by atoms with Crippen molar-refractivity contribution >= 4 is 27.3 Å². The van der Waals surface area contributed by atoms with Gasteiger partial charge in [0, 0.05) is 23.8 Å². The number of aliphatic hydroxyl groups is 1. The maximum atomic E-state index is 10.4. The molecule has 0 spiro atoms. The highest BCUT2D eigenvalue weighted by molar-refractivity contribution is 9.10. The van der Waals surface area contributed by atoms with Gasteiger partial charge in [0.2, 0.25) is 0 Å². The van der Waals surface area contributed by atoms with Crippen LogP contribution in [0.1, 0.15) is 25.7 Å². The van der Waals surface area contributed by atoms with E-state index in [0.29, 0.717) is 6.54 Å². The van der Waals surface area contributed by atoms with Crippen molar-refractivity contribution in [3.63, 3.8) is 0 Å². The normalized spacial score (nSPS) is 18.3. The number of hydrogen-bond acceptors (Lipinski definition) is 3. The summed E-state index contributed by atoms with van der Waals surface area (Å²) in [7, 11) is 2.01. The molecule has 1 fully saturated rings. The SMILES string of the molecule is CN(CC1(O)CCCC1)c1ccc(N)cc1Br. The van der Waals surface area contributed by atoms with Crippen LogP contribution < -0.4 is 10.6 Å². The van der Waals surface area contributed by atoms with Crippen molar-refractivity contribution in [1.82, 2.24) is 0 Å². The van der Waals surface area contributed by atoms with Crippen LogP contribution in [0.2, 0.25) is 0 Å². The molecule has 0 saturated heterocycles. The highest BCUT2D eigenvalue weighted by Gasteiger charge is 2.32. The zero-order valence-corrected chi connectivity index (χ0v) is 11.7. The van der Waals surface area contributed by atoms with Crippen molar-refractivity contribution in [3.8, 4) is 0 Å². The number of rotatable bonds is 3. The summed E-state index contributed by atoms with van der Waals surface area (Å²) >= 11 is 3.51. The predicted octanol–water partition coefficient (Wildman–Crippen LogP) is 2.77. The first-order valence-corrected chi connectivity index (χ1v) is 6.78. The summed E-state index contributed by atoms with van der Waals surface area (Å²) in [5.41, 5.74) is 7.01. The number of nitrogens with two attached hydrogens (primary N) is 1. The highest BCUT2D eigenvalue weighted by atomic mass is 79.9. The molecule has 1 aromatic rings. The molecular formula is C13H19BrN2O. The third-order valence-electron chi connectivity index (χ3n) is 3.45. The lowest BCUT2D eigenvalue weighted by atomic mass is 10.0. The van der Waals surface area contributed by atoms with Gasteiger partial charge in [0.25, 0.3) is 0 Å². The molecule has 0 unspecified atom stereocenters. The van der Waals surface area contributed by atoms with E-state index >= 15 is 0 Å². The fourth-order valence-electron chi connectivity index (χ4n) is 2.55. The lowest BCUT2D eigenvalue weighted by molar-refractivity contribution is 0.0559. The molecule has 0 aromatic heterocycles. The molecule has 1 aliphatic carbocycles. The van der Waals surface area contributed by atoms with E-state index in [1.807, 2.05) is 25.2 Å². The Morgan fingerprint density at radius 3 is 2.65 bits per heavy atom. The lowest BCUT2D eigenvalue weighted by Gasteiger charge is -2.30. The molecule has 3 N–H and O–H groups in total. The van der Waals surface area contributed by atoms with Crippen molar-refractivity contribution < 1.29 is 5.11 Å². The van der Waals surface area contributed by atoms with Gasteiger partial charge in [-0.25, -0.2) is 0 Å². The van der Waals surface area contributed by atoms with Crippen LogP contribution >= 0.6 is 15.9 Å². The van der Waals surface area contributed by atoms with Crippen LogP contribution in [0.15, 0.2) is 22.7 Å². The van der Waals surface area contributed by atoms with Crippen LogP contribution in [0.25, 0.3) is 0 Å². The average Bonchev–Trinajstić information content (AvgIpc) is 2.64. The second-order valence-electron chi connectivity index (χ2n) is 5.00. The maximum Gasteiger partial charge on any atom is 0.0821 e. The number of halogens is 1. The fourth-order valence-corrected chi connectivity index (χ4v) is 3.25. The Labute approximate surface area is 111 Å². The predicted molar refractivity (Wildman–Crippen MR) is 75.2 cm³/mol. The molecule has 1 saturated carbocycles. The van der Waals surface area contributed by atoms with Gasteiger partial charge in [-0.05, 0) is 47.0 Å². The van der Waals surface area contributed by atoms with Crippen LogP contribution in [0.3, 0.4) is 0 Å². The Morgan fingerprint density at radius 1 is 1.41 bits per heavy atom. The summed E-state index contributed by atoms with van der Waals surface area (Å²) in [4.78, 5) is 2.09. The first kappa shape index (κ1) is 12.7. The molecular weight excluding hydrogens is 280 g/mol. The van der Waals surface area contributed by atoms with E-state index in [-0.39, 0.29) is 0 Å². The first-order chi connectivity index (χ1) is 8.00. The van der Waals surface area contributed by atoms with Gasteiger partial charge in [-0.1, -0.05) is 12.8 Å². The number of anilines is 2. The second-order valence-corrected chi connectivity index (χ2v) is 5.85. The number of likely N-dealkylation sites (N-methyl/N-ethyl adjacent to an activating group) is 1. The molecule has 94 valence electrons. The van der Waals surface area contributed by atoms with Crippen LogP contribution in [0, 0.1) is 0 Å². The van der Waals surface area contributed by atoms with Crippen molar-refractivity contribution in [1.29, 1.82) is 0 Å². The summed E-state index contributed by atoms with van der Waals surface area (Å²) in [6, 6.07) is 5.76. The quantitative estimate of drug-likeness (QED) is 0.844. The summed E-state index contributed by atoms with van der Waals surface area (Å²) in [6.07, 6.45) is 4.08. The van der Waals surface area contributed by atoms with E-state index in [1.165, 1.54) is 0 Å². The van der Waals surface area contributed by atoms with Gasteiger partial charge < -0.3 is 15.7 Å². The van der Waals surface area contributed by atoms with E-state index in [0.717, 1.165) is 41.5 Å². The van der Waals surface area contributed by atoms with Crippen molar-refractivity contribution in [2.24, 2.45) is 0 Å². The topological polar surface area (TPSA) is 49.5 Å². The molecule has 0 heterocycles. The molecule has 4 heteroatoms. The third kappa shape index (κ3) is 2.93. The molecule has 1 aliphatic rings. The van der Waals surface area contributed by atoms with Crippen LogP contribution in [-0.4, -0.2) is 24.3 Å². The smallest absolute Gasteiger partial charge is 0.0821 e. The standard InChI is InChI=1S/C13H19BrN2O/c1-16(9-13(17)6-2-3-7-13)12-5-4-10(15)8-11(12)14/h4-5,8,17H,2-3,6-7,9,15H2,1H3. The fraction of sp³-hybridized carbons (Fsp3) is 0.538. The minimum absolute atomic E-state index is 0.518. The van der Waals surface area contributed by atoms with E-state index in [9.17, 15) is 5.11 Å². The Bertz CT molecular complexity index is 402. The minimum atomic E-state index is -0.518. The van der Waals surface area contributed by atoms with Gasteiger partial charge in [0.15, 0.2) is 0 Å². The Morgan fingerprint density at radius 2 is 2.06 bits per heavy atom. The van der Waals surface area contributed by atoms with E-state index in [1.54, 1.807) is 0 Å². The second kappa shape index (κ2) is 4.86. The molecule has 0 radical (unpaired) electrons. The molecule has 0 bridgehead atoms. The van der Waals surface area contributed by atoms with Gasteiger partial charge in [-0.2, -0.15) is 0 Å². The maximum absolute atomic E-state index is 10.4. The van der Waals surface area contributed by atoms with Gasteiger partial charge >= 0.3 is 0 Å². The van der Waals surface area contributed by atoms with Crippen LogP contribution in [-0.2, 0) is 0 Å². The van der Waals surface area contributed by atoms with Gasteiger partial charge in [-0.15, -0.1) is 0 Å². The largest absolute Gasteiger partial charge is 0.399 e. The number of hydrogen-bond donors (Lipinski definition) is 2. The number of benzene rings is 1. The summed E-state index contributed by atoms with van der Waals surface area (Å²) in [5, 5.41) is 10.4. The van der Waals surface area contributed by atoms with E-state index < -0.39 is 5.60 Å². The van der Waals surface area contributed by atoms with Gasteiger partial charge in [0.1, 0.15) is 0 Å². The molecule has 0 atom stereocenters. The first-order valence-electron chi connectivity index (χ1n) is 5.99. The number of nitrogens with zero attached hydrogens (tertiary/aromatic N) is 1. The van der Waals surface area contributed by atoms with Crippen molar-refractivity contribution in [2.75, 3.05) is 24.2 Å². The number of nitrogen functional groups attached to an aromatic ring is 1. The minimum Gasteiger partial charge on any atom is -0.399 e. The van der Waals surface area contributed by atoms with Gasteiger partial charge in [-0.3, -0.25) is 0 Å². The Kier molecular flexibility index (Phi) is 3.64.